The van der Waals surface area contributed by atoms with Crippen LogP contribution in [0.3, 0.4) is 0 Å². The molecule has 0 aliphatic heterocycles. The fraction of sp³-hybridized carbons (Fsp3) is 0.273. The molecule has 0 amide bonds. The molecule has 146 valence electrons. The van der Waals surface area contributed by atoms with Crippen LogP contribution in [0.1, 0.15) is 35.5 Å². The van der Waals surface area contributed by atoms with Crippen LogP contribution < -0.4 is 0 Å². The SMILES string of the molecule is O=C(CCc1ccco1)OCc1ccc(COC(=O)CCc2ccco2)cc1. The van der Waals surface area contributed by atoms with Crippen LogP contribution in [0.2, 0.25) is 0 Å². The summed E-state index contributed by atoms with van der Waals surface area (Å²) in [7, 11) is 0. The van der Waals surface area contributed by atoms with Crippen LogP contribution in [0.5, 0.6) is 0 Å². The molecule has 2 aromatic heterocycles. The second-order valence-corrected chi connectivity index (χ2v) is 6.30. The number of hydrogen-bond acceptors (Lipinski definition) is 6. The number of hydrogen-bond donors (Lipinski definition) is 0. The van der Waals surface area contributed by atoms with Crippen molar-refractivity contribution in [3.05, 3.63) is 83.7 Å². The van der Waals surface area contributed by atoms with E-state index in [-0.39, 0.29) is 38.0 Å². The molecule has 1 aromatic carbocycles. The van der Waals surface area contributed by atoms with Gasteiger partial charge in [-0.25, -0.2) is 0 Å². The molecule has 0 N–H and O–H groups in total. The molecule has 0 saturated heterocycles. The maximum atomic E-state index is 11.8. The summed E-state index contributed by atoms with van der Waals surface area (Å²) in [6.45, 7) is 0.417. The Labute approximate surface area is 163 Å². The smallest absolute Gasteiger partial charge is 0.306 e. The number of carbonyl (C=O) groups is 2. The molecular weight excluding hydrogens is 360 g/mol. The molecule has 0 radical (unpaired) electrons. The maximum Gasteiger partial charge on any atom is 0.306 e. The van der Waals surface area contributed by atoms with Crippen molar-refractivity contribution in [1.82, 2.24) is 0 Å². The predicted molar refractivity (Wildman–Crippen MR) is 100 cm³/mol. The lowest BCUT2D eigenvalue weighted by atomic mass is 10.1. The molecule has 6 heteroatoms. The van der Waals surface area contributed by atoms with E-state index in [0.717, 1.165) is 22.6 Å². The van der Waals surface area contributed by atoms with E-state index in [1.54, 1.807) is 24.7 Å². The number of benzene rings is 1. The lowest BCUT2D eigenvalue weighted by Gasteiger charge is -2.07. The molecule has 0 aliphatic carbocycles. The van der Waals surface area contributed by atoms with Gasteiger partial charge in [0, 0.05) is 12.8 Å². The second-order valence-electron chi connectivity index (χ2n) is 6.30. The fourth-order valence-electron chi connectivity index (χ4n) is 2.56. The summed E-state index contributed by atoms with van der Waals surface area (Å²) in [6, 6.07) is 14.7. The minimum absolute atomic E-state index is 0.209. The van der Waals surface area contributed by atoms with Gasteiger partial charge in [0.25, 0.3) is 0 Å². The Morgan fingerprint density at radius 3 is 1.46 bits per heavy atom. The van der Waals surface area contributed by atoms with Gasteiger partial charge in [0.1, 0.15) is 24.7 Å². The molecule has 0 bridgehead atoms. The molecule has 3 aromatic rings. The van der Waals surface area contributed by atoms with E-state index in [4.69, 9.17) is 18.3 Å². The Kier molecular flexibility index (Phi) is 7.07. The molecular formula is C22H22O6. The predicted octanol–water partition coefficient (Wildman–Crippen LogP) is 4.22. The lowest BCUT2D eigenvalue weighted by Crippen LogP contribution is -2.07. The molecule has 0 saturated carbocycles. The van der Waals surface area contributed by atoms with Crippen molar-refractivity contribution in [2.45, 2.75) is 38.9 Å². The molecule has 0 fully saturated rings. The summed E-state index contributed by atoms with van der Waals surface area (Å²) in [5.74, 6) is 0.983. The van der Waals surface area contributed by atoms with Gasteiger partial charge in [-0.1, -0.05) is 24.3 Å². The number of carbonyl (C=O) groups excluding carboxylic acids is 2. The molecule has 0 aliphatic rings. The first-order valence-corrected chi connectivity index (χ1v) is 9.13. The Bertz CT molecular complexity index is 774. The summed E-state index contributed by atoms with van der Waals surface area (Å²) in [5, 5.41) is 0. The van der Waals surface area contributed by atoms with Crippen molar-refractivity contribution in [2.75, 3.05) is 0 Å². The van der Waals surface area contributed by atoms with Gasteiger partial charge in [0.2, 0.25) is 0 Å². The quantitative estimate of drug-likeness (QED) is 0.489. The first kappa shape index (κ1) is 19.5. The molecule has 28 heavy (non-hydrogen) atoms. The number of furan rings is 2. The minimum atomic E-state index is -0.272. The minimum Gasteiger partial charge on any atom is -0.469 e. The van der Waals surface area contributed by atoms with Crippen molar-refractivity contribution in [3.63, 3.8) is 0 Å². The van der Waals surface area contributed by atoms with Gasteiger partial charge < -0.3 is 18.3 Å². The monoisotopic (exact) mass is 382 g/mol. The van der Waals surface area contributed by atoms with Crippen LogP contribution >= 0.6 is 0 Å². The Hall–Kier alpha value is -3.28. The van der Waals surface area contributed by atoms with E-state index in [0.29, 0.717) is 12.8 Å². The van der Waals surface area contributed by atoms with Crippen molar-refractivity contribution >= 4 is 11.9 Å². The second kappa shape index (κ2) is 10.2. The van der Waals surface area contributed by atoms with Crippen molar-refractivity contribution in [1.29, 1.82) is 0 Å². The van der Waals surface area contributed by atoms with E-state index in [2.05, 4.69) is 0 Å². The van der Waals surface area contributed by atoms with Crippen LogP contribution in [0.25, 0.3) is 0 Å². The van der Waals surface area contributed by atoms with Crippen LogP contribution in [0.4, 0.5) is 0 Å². The topological polar surface area (TPSA) is 78.9 Å². The number of ether oxygens (including phenoxy) is 2. The average Bonchev–Trinajstić information content (AvgIpc) is 3.42. The fourth-order valence-corrected chi connectivity index (χ4v) is 2.56. The largest absolute Gasteiger partial charge is 0.469 e. The molecule has 6 nitrogen and oxygen atoms in total. The van der Waals surface area contributed by atoms with Gasteiger partial charge in [-0.15, -0.1) is 0 Å². The highest BCUT2D eigenvalue weighted by Gasteiger charge is 2.08. The van der Waals surface area contributed by atoms with Gasteiger partial charge in [0.15, 0.2) is 0 Å². The first-order valence-electron chi connectivity index (χ1n) is 9.13. The average molecular weight is 382 g/mol. The zero-order valence-electron chi connectivity index (χ0n) is 15.5. The van der Waals surface area contributed by atoms with Crippen LogP contribution in [-0.2, 0) is 45.1 Å². The lowest BCUT2D eigenvalue weighted by molar-refractivity contribution is -0.146. The highest BCUT2D eigenvalue weighted by atomic mass is 16.5. The summed E-state index contributed by atoms with van der Waals surface area (Å²) < 4.78 is 20.9. The third-order valence-electron chi connectivity index (χ3n) is 4.13. The number of rotatable bonds is 10. The van der Waals surface area contributed by atoms with E-state index in [1.807, 2.05) is 36.4 Å². The van der Waals surface area contributed by atoms with Crippen molar-refractivity contribution in [3.8, 4) is 0 Å². The number of esters is 2. The van der Waals surface area contributed by atoms with E-state index in [1.165, 1.54) is 0 Å². The highest BCUT2D eigenvalue weighted by Crippen LogP contribution is 2.10. The molecule has 0 spiro atoms. The van der Waals surface area contributed by atoms with Gasteiger partial charge in [-0.3, -0.25) is 9.59 Å². The van der Waals surface area contributed by atoms with Crippen molar-refractivity contribution in [2.24, 2.45) is 0 Å². The van der Waals surface area contributed by atoms with Crippen LogP contribution in [-0.4, -0.2) is 11.9 Å². The van der Waals surface area contributed by atoms with Crippen molar-refractivity contribution < 1.29 is 27.9 Å². The van der Waals surface area contributed by atoms with Crippen LogP contribution in [0, 0.1) is 0 Å². The summed E-state index contributed by atoms with van der Waals surface area (Å²) in [6.07, 6.45) is 4.77. The van der Waals surface area contributed by atoms with Gasteiger partial charge >= 0.3 is 11.9 Å². The zero-order chi connectivity index (χ0) is 19.6. The zero-order valence-corrected chi connectivity index (χ0v) is 15.5. The third kappa shape index (κ3) is 6.46. The Morgan fingerprint density at radius 2 is 1.11 bits per heavy atom. The number of aryl methyl sites for hydroxylation is 2. The van der Waals surface area contributed by atoms with Gasteiger partial charge in [-0.05, 0) is 35.4 Å². The molecule has 2 heterocycles. The van der Waals surface area contributed by atoms with E-state index < -0.39 is 0 Å². The van der Waals surface area contributed by atoms with Gasteiger partial charge in [-0.2, -0.15) is 0 Å². The third-order valence-corrected chi connectivity index (χ3v) is 4.13. The standard InChI is InChI=1S/C22H22O6/c23-21(11-9-19-3-1-13-25-19)27-15-17-5-7-18(8-6-17)16-28-22(24)12-10-20-4-2-14-26-20/h1-8,13-14H,9-12,15-16H2. The van der Waals surface area contributed by atoms with E-state index >= 15 is 0 Å². The summed E-state index contributed by atoms with van der Waals surface area (Å²) in [4.78, 5) is 23.5. The maximum absolute atomic E-state index is 11.8. The Morgan fingerprint density at radius 1 is 0.679 bits per heavy atom. The summed E-state index contributed by atoms with van der Waals surface area (Å²) >= 11 is 0. The normalized spacial score (nSPS) is 10.6. The summed E-state index contributed by atoms with van der Waals surface area (Å²) in [5.41, 5.74) is 1.75. The molecule has 3 rings (SSSR count). The van der Waals surface area contributed by atoms with Gasteiger partial charge in [0.05, 0.1) is 25.4 Å². The van der Waals surface area contributed by atoms with E-state index in [9.17, 15) is 9.59 Å². The molecule has 0 unspecified atom stereocenters. The first-order chi connectivity index (χ1) is 13.7. The Balaban J connectivity index is 1.33. The highest BCUT2D eigenvalue weighted by molar-refractivity contribution is 5.70. The molecule has 0 atom stereocenters. The van der Waals surface area contributed by atoms with Crippen LogP contribution in [0.15, 0.2) is 69.9 Å².